The molecule has 21 heavy (non-hydrogen) atoms. The van der Waals surface area contributed by atoms with Crippen molar-refractivity contribution in [3.05, 3.63) is 63.5 Å². The van der Waals surface area contributed by atoms with Crippen molar-refractivity contribution in [3.63, 3.8) is 0 Å². The molecular weight excluding hydrogens is 302 g/mol. The van der Waals surface area contributed by atoms with Crippen molar-refractivity contribution >= 4 is 44.6 Å². The third-order valence-corrected chi connectivity index (χ3v) is 5.00. The fourth-order valence-electron chi connectivity index (χ4n) is 2.30. The van der Waals surface area contributed by atoms with Gasteiger partial charge in [0.05, 0.1) is 4.88 Å². The van der Waals surface area contributed by atoms with Gasteiger partial charge in [-0.05, 0) is 48.6 Å². The fourth-order valence-corrected chi connectivity index (χ4v) is 3.58. The molecule has 0 saturated carbocycles. The number of nitrogens with one attached hydrogen (secondary N) is 1. The number of thiophene rings is 1. The highest BCUT2D eigenvalue weighted by atomic mass is 35.5. The Balaban J connectivity index is 1.97. The molecule has 0 fully saturated rings. The molecule has 106 valence electrons. The molecule has 0 radical (unpaired) electrons. The summed E-state index contributed by atoms with van der Waals surface area (Å²) in [6.07, 6.45) is 0. The largest absolute Gasteiger partial charge is 0.321 e. The Labute approximate surface area is 132 Å². The Kier molecular flexibility index (Phi) is 3.70. The van der Waals surface area contributed by atoms with Gasteiger partial charge in [0.15, 0.2) is 0 Å². The van der Waals surface area contributed by atoms with Crippen LogP contribution in [0.2, 0.25) is 5.02 Å². The van der Waals surface area contributed by atoms with E-state index in [1.807, 2.05) is 50.2 Å². The molecule has 4 heteroatoms. The summed E-state index contributed by atoms with van der Waals surface area (Å²) in [4.78, 5) is 13.3. The number of rotatable bonds is 2. The van der Waals surface area contributed by atoms with Gasteiger partial charge in [-0.15, -0.1) is 11.3 Å². The van der Waals surface area contributed by atoms with Gasteiger partial charge < -0.3 is 5.32 Å². The van der Waals surface area contributed by atoms with Gasteiger partial charge in [0, 0.05) is 15.4 Å². The average molecular weight is 316 g/mol. The topological polar surface area (TPSA) is 29.1 Å². The lowest BCUT2D eigenvalue weighted by atomic mass is 10.1. The number of hydrogen-bond donors (Lipinski definition) is 1. The zero-order chi connectivity index (χ0) is 15.0. The summed E-state index contributed by atoms with van der Waals surface area (Å²) in [6.45, 7) is 3.93. The number of hydrogen-bond acceptors (Lipinski definition) is 2. The number of anilines is 1. The van der Waals surface area contributed by atoms with E-state index in [-0.39, 0.29) is 5.91 Å². The average Bonchev–Trinajstić information content (AvgIpc) is 2.81. The van der Waals surface area contributed by atoms with Crippen LogP contribution in [-0.2, 0) is 0 Å². The van der Waals surface area contributed by atoms with Gasteiger partial charge in [0.2, 0.25) is 0 Å². The van der Waals surface area contributed by atoms with Crippen molar-refractivity contribution < 1.29 is 4.79 Å². The number of amides is 1. The normalized spacial score (nSPS) is 10.8. The molecule has 0 saturated heterocycles. The second-order valence-electron chi connectivity index (χ2n) is 4.97. The van der Waals surface area contributed by atoms with E-state index < -0.39 is 0 Å². The lowest BCUT2D eigenvalue weighted by Crippen LogP contribution is -2.12. The summed E-state index contributed by atoms with van der Waals surface area (Å²) in [7, 11) is 0. The molecule has 1 aromatic heterocycles. The minimum absolute atomic E-state index is 0.0842. The highest BCUT2D eigenvalue weighted by Crippen LogP contribution is 2.31. The van der Waals surface area contributed by atoms with Crippen LogP contribution in [0.25, 0.3) is 10.1 Å². The van der Waals surface area contributed by atoms with E-state index in [4.69, 9.17) is 11.6 Å². The van der Waals surface area contributed by atoms with Crippen LogP contribution in [0.4, 0.5) is 5.69 Å². The maximum absolute atomic E-state index is 12.5. The Morgan fingerprint density at radius 3 is 2.67 bits per heavy atom. The summed E-state index contributed by atoms with van der Waals surface area (Å²) < 4.78 is 1.13. The number of benzene rings is 2. The van der Waals surface area contributed by atoms with E-state index in [2.05, 4.69) is 5.32 Å². The second-order valence-corrected chi connectivity index (χ2v) is 6.45. The molecule has 0 atom stereocenters. The first-order chi connectivity index (χ1) is 10.1. The summed E-state index contributed by atoms with van der Waals surface area (Å²) in [5.41, 5.74) is 2.77. The minimum Gasteiger partial charge on any atom is -0.321 e. The van der Waals surface area contributed by atoms with Gasteiger partial charge in [-0.2, -0.15) is 0 Å². The van der Waals surface area contributed by atoms with Crippen molar-refractivity contribution in [2.75, 3.05) is 5.32 Å². The molecule has 0 aliphatic heterocycles. The standard InChI is InChI=1S/C17H14ClNOS/c1-10-7-8-12(18)9-14(10)19-17(20)16-11(2)13-5-3-4-6-15(13)21-16/h3-9H,1-2H3,(H,19,20). The van der Waals surface area contributed by atoms with Crippen molar-refractivity contribution in [3.8, 4) is 0 Å². The maximum Gasteiger partial charge on any atom is 0.266 e. The van der Waals surface area contributed by atoms with Crippen LogP contribution in [0.5, 0.6) is 0 Å². The number of fused-ring (bicyclic) bond motifs is 1. The van der Waals surface area contributed by atoms with Crippen LogP contribution in [0.15, 0.2) is 42.5 Å². The van der Waals surface area contributed by atoms with Gasteiger partial charge in [-0.25, -0.2) is 0 Å². The quantitative estimate of drug-likeness (QED) is 0.671. The number of carbonyl (C=O) groups excluding carboxylic acids is 1. The molecular formula is C17H14ClNOS. The molecule has 0 spiro atoms. The van der Waals surface area contributed by atoms with Gasteiger partial charge in [-0.3, -0.25) is 4.79 Å². The number of carbonyl (C=O) groups is 1. The highest BCUT2D eigenvalue weighted by Gasteiger charge is 2.16. The van der Waals surface area contributed by atoms with Crippen molar-refractivity contribution in [1.82, 2.24) is 0 Å². The van der Waals surface area contributed by atoms with Gasteiger partial charge in [0.1, 0.15) is 0 Å². The smallest absolute Gasteiger partial charge is 0.266 e. The molecule has 1 heterocycles. The highest BCUT2D eigenvalue weighted by molar-refractivity contribution is 7.21. The van der Waals surface area contributed by atoms with Crippen LogP contribution < -0.4 is 5.32 Å². The SMILES string of the molecule is Cc1ccc(Cl)cc1NC(=O)c1sc2ccccc2c1C. The van der Waals surface area contributed by atoms with Crippen LogP contribution in [0.3, 0.4) is 0 Å². The molecule has 2 nitrogen and oxygen atoms in total. The lowest BCUT2D eigenvalue weighted by Gasteiger charge is -2.08. The number of aryl methyl sites for hydroxylation is 2. The molecule has 3 rings (SSSR count). The van der Waals surface area contributed by atoms with E-state index >= 15 is 0 Å². The first kappa shape index (κ1) is 14.1. The van der Waals surface area contributed by atoms with Crippen LogP contribution in [0, 0.1) is 13.8 Å². The van der Waals surface area contributed by atoms with Crippen molar-refractivity contribution in [2.45, 2.75) is 13.8 Å². The van der Waals surface area contributed by atoms with Crippen LogP contribution in [0.1, 0.15) is 20.8 Å². The Morgan fingerprint density at radius 1 is 1.14 bits per heavy atom. The van der Waals surface area contributed by atoms with E-state index in [0.29, 0.717) is 5.02 Å². The molecule has 2 aromatic carbocycles. The van der Waals surface area contributed by atoms with E-state index in [9.17, 15) is 4.79 Å². The van der Waals surface area contributed by atoms with Gasteiger partial charge in [0.25, 0.3) is 5.91 Å². The summed E-state index contributed by atoms with van der Waals surface area (Å²) in [5.74, 6) is -0.0842. The predicted octanol–water partition coefficient (Wildman–Crippen LogP) is 5.42. The lowest BCUT2D eigenvalue weighted by molar-refractivity contribution is 0.103. The molecule has 3 aromatic rings. The molecule has 0 aliphatic rings. The second kappa shape index (κ2) is 5.51. The zero-order valence-electron chi connectivity index (χ0n) is 11.7. The zero-order valence-corrected chi connectivity index (χ0v) is 13.3. The van der Waals surface area contributed by atoms with Gasteiger partial charge >= 0.3 is 0 Å². The minimum atomic E-state index is -0.0842. The third kappa shape index (κ3) is 2.67. The van der Waals surface area contributed by atoms with Crippen LogP contribution >= 0.6 is 22.9 Å². The summed E-state index contributed by atoms with van der Waals surface area (Å²) >= 11 is 7.51. The van der Waals surface area contributed by atoms with Gasteiger partial charge in [-0.1, -0.05) is 35.9 Å². The Hall–Kier alpha value is -1.84. The third-order valence-electron chi connectivity index (χ3n) is 3.50. The number of halogens is 1. The molecule has 0 unspecified atom stereocenters. The van der Waals surface area contributed by atoms with Crippen molar-refractivity contribution in [1.29, 1.82) is 0 Å². The van der Waals surface area contributed by atoms with E-state index in [1.54, 1.807) is 6.07 Å². The van der Waals surface area contributed by atoms with Crippen LogP contribution in [-0.4, -0.2) is 5.91 Å². The van der Waals surface area contributed by atoms with E-state index in [1.165, 1.54) is 11.3 Å². The Morgan fingerprint density at radius 2 is 1.90 bits per heavy atom. The molecule has 0 bridgehead atoms. The predicted molar refractivity (Wildman–Crippen MR) is 90.7 cm³/mol. The fraction of sp³-hybridized carbons (Fsp3) is 0.118. The molecule has 1 N–H and O–H groups in total. The van der Waals surface area contributed by atoms with Crippen molar-refractivity contribution in [2.24, 2.45) is 0 Å². The van der Waals surface area contributed by atoms with E-state index in [0.717, 1.165) is 31.8 Å². The monoisotopic (exact) mass is 315 g/mol. The molecule has 1 amide bonds. The summed E-state index contributed by atoms with van der Waals surface area (Å²) in [6, 6.07) is 13.5. The first-order valence-electron chi connectivity index (χ1n) is 6.62. The molecule has 0 aliphatic carbocycles. The maximum atomic E-state index is 12.5. The Bertz CT molecular complexity index is 838. The first-order valence-corrected chi connectivity index (χ1v) is 7.81. The summed E-state index contributed by atoms with van der Waals surface area (Å²) in [5, 5.41) is 4.71.